The van der Waals surface area contributed by atoms with Gasteiger partial charge in [-0.3, -0.25) is 0 Å². The third-order valence-corrected chi connectivity index (χ3v) is 1.54. The first kappa shape index (κ1) is 9.49. The van der Waals surface area contributed by atoms with Crippen molar-refractivity contribution in [1.29, 1.82) is 0 Å². The highest BCUT2D eigenvalue weighted by Gasteiger charge is 2.19. The summed E-state index contributed by atoms with van der Waals surface area (Å²) >= 11 is 7.03. The summed E-state index contributed by atoms with van der Waals surface area (Å²) in [5.74, 6) is 0.321. The molecule has 0 aliphatic carbocycles. The number of ether oxygens (including phenoxy) is 1. The summed E-state index contributed by atoms with van der Waals surface area (Å²) in [4.78, 5) is 10.3. The van der Waals surface area contributed by atoms with Crippen LogP contribution in [0.25, 0.3) is 0 Å². The Morgan fingerprint density at radius 2 is 2.22 bits per heavy atom. The molecule has 0 saturated heterocycles. The van der Waals surface area contributed by atoms with E-state index in [1.807, 2.05) is 0 Å². The molecule has 0 heterocycles. The van der Waals surface area contributed by atoms with Crippen LogP contribution in [0.3, 0.4) is 0 Å². The van der Waals surface area contributed by atoms with E-state index in [1.54, 1.807) is 36.4 Å². The summed E-state index contributed by atoms with van der Waals surface area (Å²) < 4.78 is 4.48. The molecule has 0 spiro atoms. The minimum absolute atomic E-state index is 0.321. The van der Waals surface area contributed by atoms with E-state index in [2.05, 4.69) is 0 Å². The van der Waals surface area contributed by atoms with Gasteiger partial charge in [0.15, 0.2) is 0 Å². The molecule has 0 saturated carbocycles. The molecule has 0 radical (unpaired) electrons. The fraction of sp³-hybridized carbons (Fsp3) is 0.800. The quantitative estimate of drug-likeness (QED) is 0.434. The molecule has 2 nitrogen and oxygen atoms in total. The van der Waals surface area contributed by atoms with E-state index < -0.39 is 5.60 Å². The van der Waals surface area contributed by atoms with Crippen molar-refractivity contribution in [3.63, 3.8) is 0 Å². The van der Waals surface area contributed by atoms with Crippen LogP contribution in [-0.2, 0) is 4.74 Å². The first-order chi connectivity index (χ1) is 3.98. The molecule has 4 heteroatoms. The van der Waals surface area contributed by atoms with Gasteiger partial charge in [-0.05, 0) is 13.8 Å². The van der Waals surface area contributed by atoms with Gasteiger partial charge in [0.05, 0.1) is 28.5 Å². The van der Waals surface area contributed by atoms with Gasteiger partial charge in [0.2, 0.25) is 0 Å². The van der Waals surface area contributed by atoms with Crippen molar-refractivity contribution in [3.8, 4) is 0 Å². The summed E-state index contributed by atoms with van der Waals surface area (Å²) in [6.45, 7) is 3.52. The van der Waals surface area contributed by atoms with Crippen LogP contribution in [0.2, 0.25) is 0 Å². The lowest BCUT2D eigenvalue weighted by atomic mass is 10.2. The third-order valence-electron chi connectivity index (χ3n) is 0.678. The van der Waals surface area contributed by atoms with Crippen molar-refractivity contribution in [3.05, 3.63) is 0 Å². The summed E-state index contributed by atoms with van der Waals surface area (Å²) in [7, 11) is 0. The van der Waals surface area contributed by atoms with Gasteiger partial charge in [-0.25, -0.2) is 4.79 Å². The van der Waals surface area contributed by atoms with E-state index in [4.69, 9.17) is 16.3 Å². The van der Waals surface area contributed by atoms with E-state index in [9.17, 15) is 4.79 Å². The number of carbonyl (C=O) groups excluding carboxylic acids is 1. The number of carbonyl (C=O) groups is 1. The highest BCUT2D eigenvalue weighted by atomic mass is 127. The van der Waals surface area contributed by atoms with Gasteiger partial charge < -0.3 is 4.74 Å². The molecule has 0 aromatic heterocycles. The van der Waals surface area contributed by atoms with Crippen LogP contribution in [0.4, 0.5) is 4.79 Å². The van der Waals surface area contributed by atoms with E-state index in [0.29, 0.717) is 5.88 Å². The topological polar surface area (TPSA) is 26.3 Å². The molecule has 0 aliphatic heterocycles. The van der Waals surface area contributed by atoms with Crippen LogP contribution < -0.4 is 0 Å². The normalized spacial score (nSPS) is 11.1. The Bertz CT molecular complexity index is 114. The minimum Gasteiger partial charge on any atom is -0.451 e. The third kappa shape index (κ3) is 4.96. The average molecular weight is 262 g/mol. The SMILES string of the molecule is CC(C)(CCl)OC(=O)I. The zero-order chi connectivity index (χ0) is 7.49. The van der Waals surface area contributed by atoms with Crippen molar-refractivity contribution in [2.75, 3.05) is 5.88 Å². The van der Waals surface area contributed by atoms with Crippen LogP contribution in [0, 0.1) is 0 Å². The second-order valence-corrected chi connectivity index (χ2v) is 3.38. The Morgan fingerprint density at radius 3 is 2.33 bits per heavy atom. The number of hydrogen-bond donors (Lipinski definition) is 0. The zero-order valence-electron chi connectivity index (χ0n) is 5.28. The summed E-state index contributed by atoms with van der Waals surface area (Å²) in [6.07, 6.45) is 0. The van der Waals surface area contributed by atoms with Crippen molar-refractivity contribution >= 4 is 38.2 Å². The van der Waals surface area contributed by atoms with Crippen molar-refractivity contribution in [2.45, 2.75) is 19.4 Å². The summed E-state index contributed by atoms with van der Waals surface area (Å²) in [5, 5.41) is 0. The van der Waals surface area contributed by atoms with Crippen LogP contribution in [0.5, 0.6) is 0 Å². The molecule has 0 bridgehead atoms. The lowest BCUT2D eigenvalue weighted by Crippen LogP contribution is -2.27. The van der Waals surface area contributed by atoms with Crippen LogP contribution in [0.15, 0.2) is 0 Å². The largest absolute Gasteiger partial charge is 0.451 e. The van der Waals surface area contributed by atoms with Gasteiger partial charge in [-0.1, -0.05) is 0 Å². The molecule has 0 aromatic rings. The van der Waals surface area contributed by atoms with E-state index in [-0.39, 0.29) is 3.98 Å². The van der Waals surface area contributed by atoms with Crippen LogP contribution in [-0.4, -0.2) is 15.5 Å². The maximum atomic E-state index is 10.3. The molecule has 0 unspecified atom stereocenters. The molecule has 0 atom stereocenters. The summed E-state index contributed by atoms with van der Waals surface area (Å²) in [5.41, 5.74) is -0.528. The van der Waals surface area contributed by atoms with Crippen LogP contribution in [0.1, 0.15) is 13.8 Å². The molecule has 0 fully saturated rings. The van der Waals surface area contributed by atoms with E-state index >= 15 is 0 Å². The Balaban J connectivity index is 3.71. The minimum atomic E-state index is -0.528. The number of hydrogen-bond acceptors (Lipinski definition) is 2. The molecule has 0 aromatic carbocycles. The van der Waals surface area contributed by atoms with E-state index in [1.165, 1.54) is 0 Å². The maximum Gasteiger partial charge on any atom is 0.367 e. The molecule has 0 amide bonds. The monoisotopic (exact) mass is 262 g/mol. The van der Waals surface area contributed by atoms with Crippen LogP contribution >= 0.6 is 34.2 Å². The molecule has 9 heavy (non-hydrogen) atoms. The second-order valence-electron chi connectivity index (χ2n) is 2.23. The molecule has 54 valence electrons. The molecule has 0 rings (SSSR count). The predicted molar refractivity (Wildman–Crippen MR) is 45.3 cm³/mol. The first-order valence-electron chi connectivity index (χ1n) is 2.42. The number of rotatable bonds is 2. The van der Waals surface area contributed by atoms with Gasteiger partial charge >= 0.3 is 3.98 Å². The lowest BCUT2D eigenvalue weighted by molar-refractivity contribution is 0.0793. The van der Waals surface area contributed by atoms with Crippen molar-refractivity contribution < 1.29 is 9.53 Å². The first-order valence-corrected chi connectivity index (χ1v) is 4.04. The summed E-state index contributed by atoms with van der Waals surface area (Å²) in [6, 6.07) is 0. The van der Waals surface area contributed by atoms with Gasteiger partial charge in [0.25, 0.3) is 0 Å². The maximum absolute atomic E-state index is 10.3. The van der Waals surface area contributed by atoms with Gasteiger partial charge in [-0.2, -0.15) is 0 Å². The second kappa shape index (κ2) is 3.61. The Labute approximate surface area is 73.0 Å². The molecule has 0 aliphatic rings. The zero-order valence-corrected chi connectivity index (χ0v) is 8.19. The number of halogens is 2. The van der Waals surface area contributed by atoms with Gasteiger partial charge in [0.1, 0.15) is 5.60 Å². The van der Waals surface area contributed by atoms with Crippen molar-refractivity contribution in [2.24, 2.45) is 0 Å². The fourth-order valence-corrected chi connectivity index (χ4v) is 0.895. The van der Waals surface area contributed by atoms with Gasteiger partial charge in [-0.15, -0.1) is 11.6 Å². The standard InChI is InChI=1S/C5H8ClIO2/c1-5(2,3-6)9-4(7)8/h3H2,1-2H3. The van der Waals surface area contributed by atoms with Gasteiger partial charge in [0, 0.05) is 0 Å². The smallest absolute Gasteiger partial charge is 0.367 e. The van der Waals surface area contributed by atoms with E-state index in [0.717, 1.165) is 0 Å². The molecule has 0 N–H and O–H groups in total. The average Bonchev–Trinajstić information content (AvgIpc) is 1.63. The van der Waals surface area contributed by atoms with Crippen molar-refractivity contribution in [1.82, 2.24) is 0 Å². The lowest BCUT2D eigenvalue weighted by Gasteiger charge is -2.19. The number of alkyl halides is 1. The Kier molecular flexibility index (Phi) is 3.80. The highest BCUT2D eigenvalue weighted by molar-refractivity contribution is 14.1. The molecular weight excluding hydrogens is 254 g/mol. The Morgan fingerprint density at radius 1 is 1.78 bits per heavy atom. The fourth-order valence-electron chi connectivity index (χ4n) is 0.245. The Hall–Kier alpha value is 0.490. The molecular formula is C5H8ClIO2. The predicted octanol–water partition coefficient (Wildman–Crippen LogP) is 2.58. The highest BCUT2D eigenvalue weighted by Crippen LogP contribution is 2.13.